The zero-order valence-electron chi connectivity index (χ0n) is 11.5. The minimum Gasteiger partial charge on any atom is -0.315 e. The molecule has 96 valence electrons. The summed E-state index contributed by atoms with van der Waals surface area (Å²) >= 11 is 0. The number of pyridine rings is 1. The average Bonchev–Trinajstić information content (AvgIpc) is 2.27. The lowest BCUT2D eigenvalue weighted by atomic mass is 10.2. The molecule has 1 heterocycles. The number of hydrogen-bond donors (Lipinski definition) is 2. The third kappa shape index (κ3) is 5.80. The first-order chi connectivity index (χ1) is 8.09. The van der Waals surface area contributed by atoms with Gasteiger partial charge in [0.05, 0.1) is 0 Å². The summed E-state index contributed by atoms with van der Waals surface area (Å²) in [4.78, 5) is 4.29. The van der Waals surface area contributed by atoms with Crippen molar-refractivity contribution in [2.45, 2.75) is 40.3 Å². The fourth-order valence-electron chi connectivity index (χ4n) is 1.65. The molecule has 0 aliphatic heterocycles. The van der Waals surface area contributed by atoms with Crippen molar-refractivity contribution >= 4 is 0 Å². The van der Waals surface area contributed by atoms with Gasteiger partial charge in [-0.3, -0.25) is 4.98 Å². The van der Waals surface area contributed by atoms with Crippen molar-refractivity contribution in [3.05, 3.63) is 29.6 Å². The Bertz CT molecular complexity index is 323. The van der Waals surface area contributed by atoms with Gasteiger partial charge >= 0.3 is 0 Å². The van der Waals surface area contributed by atoms with Gasteiger partial charge in [0.2, 0.25) is 0 Å². The Labute approximate surface area is 105 Å². The van der Waals surface area contributed by atoms with E-state index in [0.717, 1.165) is 25.3 Å². The SMILES string of the molecule is Cc1ncccc1CNC(C)CNCC(C)C. The summed E-state index contributed by atoms with van der Waals surface area (Å²) in [5.41, 5.74) is 2.39. The largest absolute Gasteiger partial charge is 0.315 e. The van der Waals surface area contributed by atoms with Gasteiger partial charge in [-0.1, -0.05) is 19.9 Å². The smallest absolute Gasteiger partial charge is 0.0417 e. The van der Waals surface area contributed by atoms with Gasteiger partial charge in [0.1, 0.15) is 0 Å². The van der Waals surface area contributed by atoms with Gasteiger partial charge < -0.3 is 10.6 Å². The Morgan fingerprint density at radius 1 is 1.24 bits per heavy atom. The molecule has 2 N–H and O–H groups in total. The normalized spacial score (nSPS) is 13.0. The van der Waals surface area contributed by atoms with E-state index in [0.29, 0.717) is 12.0 Å². The van der Waals surface area contributed by atoms with Gasteiger partial charge in [0.15, 0.2) is 0 Å². The van der Waals surface area contributed by atoms with Crippen LogP contribution in [0.3, 0.4) is 0 Å². The fraction of sp³-hybridized carbons (Fsp3) is 0.643. The number of nitrogens with one attached hydrogen (secondary N) is 2. The zero-order chi connectivity index (χ0) is 12.7. The minimum atomic E-state index is 0.480. The summed E-state index contributed by atoms with van der Waals surface area (Å²) in [5.74, 6) is 0.711. The predicted molar refractivity (Wildman–Crippen MR) is 73.0 cm³/mol. The molecule has 0 aliphatic rings. The lowest BCUT2D eigenvalue weighted by Crippen LogP contribution is -2.37. The van der Waals surface area contributed by atoms with Gasteiger partial charge in [0, 0.05) is 31.0 Å². The highest BCUT2D eigenvalue weighted by molar-refractivity contribution is 5.17. The Balaban J connectivity index is 2.24. The van der Waals surface area contributed by atoms with Gasteiger partial charge in [-0.15, -0.1) is 0 Å². The highest BCUT2D eigenvalue weighted by atomic mass is 15.0. The van der Waals surface area contributed by atoms with E-state index in [4.69, 9.17) is 0 Å². The van der Waals surface area contributed by atoms with E-state index in [1.54, 1.807) is 0 Å². The van der Waals surface area contributed by atoms with Crippen LogP contribution in [0.4, 0.5) is 0 Å². The first-order valence-corrected chi connectivity index (χ1v) is 6.44. The number of nitrogens with zero attached hydrogens (tertiary/aromatic N) is 1. The van der Waals surface area contributed by atoms with E-state index < -0.39 is 0 Å². The maximum absolute atomic E-state index is 4.29. The van der Waals surface area contributed by atoms with Crippen LogP contribution in [0.15, 0.2) is 18.3 Å². The van der Waals surface area contributed by atoms with Crippen LogP contribution in [0.1, 0.15) is 32.0 Å². The number of aryl methyl sites for hydroxylation is 1. The molecule has 1 atom stereocenters. The minimum absolute atomic E-state index is 0.480. The molecule has 0 aliphatic carbocycles. The lowest BCUT2D eigenvalue weighted by molar-refractivity contribution is 0.471. The number of rotatable bonds is 7. The van der Waals surface area contributed by atoms with Crippen molar-refractivity contribution in [1.29, 1.82) is 0 Å². The van der Waals surface area contributed by atoms with Crippen LogP contribution in [0.5, 0.6) is 0 Å². The lowest BCUT2D eigenvalue weighted by Gasteiger charge is -2.16. The molecule has 0 aromatic carbocycles. The molecule has 3 nitrogen and oxygen atoms in total. The topological polar surface area (TPSA) is 37.0 Å². The Morgan fingerprint density at radius 3 is 2.65 bits per heavy atom. The standard InChI is InChI=1S/C14H25N3/c1-11(2)8-15-9-12(3)17-10-14-6-5-7-16-13(14)4/h5-7,11-12,15,17H,8-10H2,1-4H3. The van der Waals surface area contributed by atoms with Crippen molar-refractivity contribution in [3.63, 3.8) is 0 Å². The highest BCUT2D eigenvalue weighted by Crippen LogP contribution is 2.03. The van der Waals surface area contributed by atoms with Crippen molar-refractivity contribution in [2.75, 3.05) is 13.1 Å². The third-order valence-corrected chi connectivity index (χ3v) is 2.76. The molecule has 0 radical (unpaired) electrons. The third-order valence-electron chi connectivity index (χ3n) is 2.76. The van der Waals surface area contributed by atoms with Crippen molar-refractivity contribution in [2.24, 2.45) is 5.92 Å². The Morgan fingerprint density at radius 2 is 2.00 bits per heavy atom. The summed E-state index contributed by atoms with van der Waals surface area (Å²) in [5, 5.41) is 6.97. The number of hydrogen-bond acceptors (Lipinski definition) is 3. The molecule has 0 saturated heterocycles. The molecular weight excluding hydrogens is 210 g/mol. The van der Waals surface area contributed by atoms with E-state index in [1.807, 2.05) is 12.3 Å². The summed E-state index contributed by atoms with van der Waals surface area (Å²) in [6.45, 7) is 11.7. The molecule has 0 amide bonds. The van der Waals surface area contributed by atoms with Crippen LogP contribution < -0.4 is 10.6 Å². The van der Waals surface area contributed by atoms with Gasteiger partial charge in [0.25, 0.3) is 0 Å². The van der Waals surface area contributed by atoms with Gasteiger partial charge in [-0.05, 0) is 37.9 Å². The van der Waals surface area contributed by atoms with Crippen LogP contribution in [0.2, 0.25) is 0 Å². The van der Waals surface area contributed by atoms with Crippen LogP contribution in [-0.2, 0) is 6.54 Å². The second kappa shape index (κ2) is 7.41. The zero-order valence-corrected chi connectivity index (χ0v) is 11.5. The van der Waals surface area contributed by atoms with E-state index in [-0.39, 0.29) is 0 Å². The van der Waals surface area contributed by atoms with Crippen LogP contribution >= 0.6 is 0 Å². The van der Waals surface area contributed by atoms with E-state index in [9.17, 15) is 0 Å². The fourth-order valence-corrected chi connectivity index (χ4v) is 1.65. The summed E-state index contributed by atoms with van der Waals surface area (Å²) in [6.07, 6.45) is 1.84. The quantitative estimate of drug-likeness (QED) is 0.760. The van der Waals surface area contributed by atoms with E-state index in [1.165, 1.54) is 5.56 Å². The van der Waals surface area contributed by atoms with Crippen molar-refractivity contribution in [3.8, 4) is 0 Å². The summed E-state index contributed by atoms with van der Waals surface area (Å²) in [7, 11) is 0. The second-order valence-electron chi connectivity index (χ2n) is 5.08. The molecule has 1 rings (SSSR count). The van der Waals surface area contributed by atoms with Crippen molar-refractivity contribution in [1.82, 2.24) is 15.6 Å². The van der Waals surface area contributed by atoms with Crippen LogP contribution in [0, 0.1) is 12.8 Å². The monoisotopic (exact) mass is 235 g/mol. The van der Waals surface area contributed by atoms with Gasteiger partial charge in [-0.2, -0.15) is 0 Å². The van der Waals surface area contributed by atoms with E-state index in [2.05, 4.69) is 49.4 Å². The maximum Gasteiger partial charge on any atom is 0.0417 e. The highest BCUT2D eigenvalue weighted by Gasteiger charge is 2.03. The molecule has 1 aromatic heterocycles. The first-order valence-electron chi connectivity index (χ1n) is 6.44. The number of aromatic nitrogens is 1. The molecule has 0 spiro atoms. The summed E-state index contributed by atoms with van der Waals surface area (Å²) < 4.78 is 0. The molecular formula is C14H25N3. The molecule has 1 unspecified atom stereocenters. The molecule has 0 saturated carbocycles. The predicted octanol–water partition coefficient (Wildman–Crippen LogP) is 2.11. The molecule has 17 heavy (non-hydrogen) atoms. The van der Waals surface area contributed by atoms with E-state index >= 15 is 0 Å². The summed E-state index contributed by atoms with van der Waals surface area (Å²) in [6, 6.07) is 4.60. The molecule has 0 fully saturated rings. The second-order valence-corrected chi connectivity index (χ2v) is 5.08. The van der Waals surface area contributed by atoms with Crippen LogP contribution in [0.25, 0.3) is 0 Å². The first kappa shape index (κ1) is 14.1. The Hall–Kier alpha value is -0.930. The average molecular weight is 235 g/mol. The molecule has 3 heteroatoms. The maximum atomic E-state index is 4.29. The van der Waals surface area contributed by atoms with Crippen LogP contribution in [-0.4, -0.2) is 24.1 Å². The van der Waals surface area contributed by atoms with Gasteiger partial charge in [-0.25, -0.2) is 0 Å². The van der Waals surface area contributed by atoms with Crippen molar-refractivity contribution < 1.29 is 0 Å². The molecule has 1 aromatic rings. The molecule has 0 bridgehead atoms. The Kier molecular flexibility index (Phi) is 6.16.